The van der Waals surface area contributed by atoms with Crippen LogP contribution < -0.4 is 0 Å². The van der Waals surface area contributed by atoms with Crippen LogP contribution in [0.1, 0.15) is 98.3 Å². The molecule has 0 aromatic carbocycles. The molecule has 0 saturated heterocycles. The highest BCUT2D eigenvalue weighted by atomic mass is 33.1. The van der Waals surface area contributed by atoms with Crippen LogP contribution in [0.3, 0.4) is 0 Å². The average Bonchev–Trinajstić information content (AvgIpc) is 2.97. The van der Waals surface area contributed by atoms with Gasteiger partial charge in [0.2, 0.25) is 12.8 Å². The van der Waals surface area contributed by atoms with E-state index < -0.39 is 15.6 Å². The summed E-state index contributed by atoms with van der Waals surface area (Å²) in [6, 6.07) is 0. The Balaban J connectivity index is 4.37. The quantitative estimate of drug-likeness (QED) is 0.0243. The number of carbonyl (C=O) groups is 2. The second-order valence-corrected chi connectivity index (χ2v) is 17.8. The predicted molar refractivity (Wildman–Crippen MR) is 189 cm³/mol. The summed E-state index contributed by atoms with van der Waals surface area (Å²) in [5.41, 5.74) is 1.44. The number of hydrogen-bond acceptors (Lipinski definition) is 10. The third kappa shape index (κ3) is 24.8. The van der Waals surface area contributed by atoms with Gasteiger partial charge in [0.1, 0.15) is 0 Å². The summed E-state index contributed by atoms with van der Waals surface area (Å²) in [4.78, 5) is 64.1. The lowest BCUT2D eigenvalue weighted by molar-refractivity contribution is -0.117. The number of phosphoric acid groups is 2. The molecule has 0 aliphatic heterocycles. The van der Waals surface area contributed by atoms with Crippen molar-refractivity contribution in [3.63, 3.8) is 0 Å². The number of hydrogen-bond donors (Lipinski definition) is 4. The molecular weight excluding hydrogens is 703 g/mol. The standard InChI is InChI=1S/C27H52N2O10P2S4/c1-5-42-44-26(17-20-38-40(32,33)34)24(3)28(22-30)18-15-13-11-9-7-8-10-12-14-16-19-29(23-31)25(4)27(45-43-6-2)21-39-41(35,36)37/h22-23H,5-21H2,1-4H3,(H2,32,33,34)(H2,35,36,37)/b26-24-,27-25-. The van der Waals surface area contributed by atoms with Crippen LogP contribution in [0.4, 0.5) is 0 Å². The van der Waals surface area contributed by atoms with Crippen LogP contribution >= 0.6 is 58.8 Å². The molecule has 264 valence electrons. The second-order valence-electron chi connectivity index (χ2n) is 9.97. The number of unbranched alkanes of at least 4 members (excludes halogenated alkanes) is 9. The fourth-order valence-electron chi connectivity index (χ4n) is 4.03. The fraction of sp³-hybridized carbons (Fsp3) is 0.778. The number of nitrogens with zero attached hydrogens (tertiary/aromatic N) is 2. The van der Waals surface area contributed by atoms with Crippen LogP contribution in [-0.4, -0.2) is 80.0 Å². The average molecular weight is 755 g/mol. The highest BCUT2D eigenvalue weighted by Gasteiger charge is 2.19. The summed E-state index contributed by atoms with van der Waals surface area (Å²) >= 11 is 0. The van der Waals surface area contributed by atoms with Crippen molar-refractivity contribution >= 4 is 71.6 Å². The van der Waals surface area contributed by atoms with Crippen LogP contribution in [0.15, 0.2) is 21.2 Å². The van der Waals surface area contributed by atoms with Crippen molar-refractivity contribution in [2.45, 2.75) is 98.3 Å². The van der Waals surface area contributed by atoms with Crippen molar-refractivity contribution < 1.29 is 47.3 Å². The first kappa shape index (κ1) is 45.0. The lowest BCUT2D eigenvalue weighted by atomic mass is 10.1. The molecule has 0 aliphatic rings. The summed E-state index contributed by atoms with van der Waals surface area (Å²) in [5, 5.41) is 0. The number of carbonyl (C=O) groups excluding carboxylic acids is 2. The molecule has 0 radical (unpaired) electrons. The molecule has 0 saturated carbocycles. The van der Waals surface area contributed by atoms with Gasteiger partial charge in [0.15, 0.2) is 0 Å². The van der Waals surface area contributed by atoms with Crippen molar-refractivity contribution in [3.8, 4) is 0 Å². The zero-order valence-corrected chi connectivity index (χ0v) is 31.9. The van der Waals surface area contributed by atoms with Crippen LogP contribution in [0.5, 0.6) is 0 Å². The molecular formula is C27H52N2O10P2S4. The molecule has 12 nitrogen and oxygen atoms in total. The van der Waals surface area contributed by atoms with Gasteiger partial charge in [-0.1, -0.05) is 108 Å². The molecule has 0 spiro atoms. The van der Waals surface area contributed by atoms with E-state index in [1.165, 1.54) is 32.4 Å². The summed E-state index contributed by atoms with van der Waals surface area (Å²) in [6.07, 6.45) is 12.3. The highest BCUT2D eigenvalue weighted by Crippen LogP contribution is 2.41. The van der Waals surface area contributed by atoms with Gasteiger partial charge in [-0.05, 0) is 26.7 Å². The molecule has 0 atom stereocenters. The molecule has 0 aromatic rings. The van der Waals surface area contributed by atoms with E-state index in [9.17, 15) is 18.7 Å². The summed E-state index contributed by atoms with van der Waals surface area (Å²) in [7, 11) is -3.14. The molecule has 0 bridgehead atoms. The van der Waals surface area contributed by atoms with Gasteiger partial charge in [-0.3, -0.25) is 18.6 Å². The van der Waals surface area contributed by atoms with Crippen molar-refractivity contribution in [1.29, 1.82) is 0 Å². The number of amides is 2. The Bertz CT molecular complexity index is 995. The summed E-state index contributed by atoms with van der Waals surface area (Å²) in [6.45, 7) is 8.38. The van der Waals surface area contributed by atoms with Crippen molar-refractivity contribution in [2.75, 3.05) is 37.8 Å². The Kier molecular flexibility index (Phi) is 27.0. The monoisotopic (exact) mass is 754 g/mol. The topological polar surface area (TPSA) is 174 Å². The molecule has 45 heavy (non-hydrogen) atoms. The van der Waals surface area contributed by atoms with Crippen LogP contribution in [-0.2, 0) is 27.8 Å². The van der Waals surface area contributed by atoms with E-state index in [4.69, 9.17) is 19.6 Å². The minimum absolute atomic E-state index is 0.118. The van der Waals surface area contributed by atoms with E-state index in [1.807, 2.05) is 20.8 Å². The third-order valence-electron chi connectivity index (χ3n) is 6.48. The van der Waals surface area contributed by atoms with Crippen LogP contribution in [0.25, 0.3) is 0 Å². The lowest BCUT2D eigenvalue weighted by Gasteiger charge is -2.22. The van der Waals surface area contributed by atoms with Crippen molar-refractivity contribution in [1.82, 2.24) is 9.80 Å². The first-order chi connectivity index (χ1) is 21.3. The first-order valence-corrected chi connectivity index (χ1v) is 22.8. The van der Waals surface area contributed by atoms with E-state index in [2.05, 4.69) is 9.05 Å². The maximum Gasteiger partial charge on any atom is 0.469 e. The molecule has 0 rings (SSSR count). The van der Waals surface area contributed by atoms with Crippen LogP contribution in [0, 0.1) is 0 Å². The van der Waals surface area contributed by atoms with Gasteiger partial charge in [-0.25, -0.2) is 9.13 Å². The van der Waals surface area contributed by atoms with Crippen LogP contribution in [0.2, 0.25) is 0 Å². The van der Waals surface area contributed by atoms with Gasteiger partial charge >= 0.3 is 15.6 Å². The molecule has 18 heteroatoms. The lowest BCUT2D eigenvalue weighted by Crippen LogP contribution is -2.22. The van der Waals surface area contributed by atoms with E-state index in [0.29, 0.717) is 30.1 Å². The highest BCUT2D eigenvalue weighted by molar-refractivity contribution is 8.78. The van der Waals surface area contributed by atoms with Crippen molar-refractivity contribution in [2.24, 2.45) is 0 Å². The Morgan fingerprint density at radius 3 is 1.40 bits per heavy atom. The van der Waals surface area contributed by atoms with E-state index in [0.717, 1.165) is 99.1 Å². The maximum absolute atomic E-state index is 11.8. The minimum Gasteiger partial charge on any atom is -0.318 e. The summed E-state index contributed by atoms with van der Waals surface area (Å²) < 4.78 is 31.4. The van der Waals surface area contributed by atoms with Gasteiger partial charge in [0.25, 0.3) is 0 Å². The Morgan fingerprint density at radius 2 is 1.02 bits per heavy atom. The van der Waals surface area contributed by atoms with E-state index >= 15 is 0 Å². The predicted octanol–water partition coefficient (Wildman–Crippen LogP) is 7.68. The Labute approximate surface area is 284 Å². The molecule has 0 unspecified atom stereocenters. The number of phosphoric ester groups is 2. The van der Waals surface area contributed by atoms with E-state index in [-0.39, 0.29) is 13.2 Å². The largest absolute Gasteiger partial charge is 0.469 e. The first-order valence-electron chi connectivity index (χ1n) is 15.1. The molecule has 0 aromatic heterocycles. The minimum atomic E-state index is -4.60. The normalized spacial score (nSPS) is 13.3. The van der Waals surface area contributed by atoms with Gasteiger partial charge in [-0.15, -0.1) is 0 Å². The molecule has 0 heterocycles. The molecule has 0 aliphatic carbocycles. The third-order valence-corrected chi connectivity index (χ3v) is 12.8. The second kappa shape index (κ2) is 26.9. The van der Waals surface area contributed by atoms with Gasteiger partial charge in [0, 0.05) is 52.2 Å². The van der Waals surface area contributed by atoms with Gasteiger partial charge < -0.3 is 29.4 Å². The Hall–Kier alpha value is 0.0400. The van der Waals surface area contributed by atoms with Gasteiger partial charge in [0.05, 0.1) is 13.2 Å². The zero-order valence-electron chi connectivity index (χ0n) is 26.8. The number of rotatable bonds is 30. The fourth-order valence-corrected chi connectivity index (χ4v) is 8.69. The van der Waals surface area contributed by atoms with Gasteiger partial charge in [-0.2, -0.15) is 0 Å². The SMILES string of the molecule is CCSS/C(CCOP(=O)(O)O)=C(/C)N(C=O)CCCCCCCCCCCCN(C=O)/C(C)=C(/COP(=O)(O)O)SSCC. The molecule has 2 amide bonds. The zero-order chi connectivity index (χ0) is 34.1. The number of allylic oxidation sites excluding steroid dienone is 2. The molecule has 0 fully saturated rings. The smallest absolute Gasteiger partial charge is 0.318 e. The Morgan fingerprint density at radius 1 is 0.644 bits per heavy atom. The summed E-state index contributed by atoms with van der Waals surface area (Å²) in [5.74, 6) is 1.66. The van der Waals surface area contributed by atoms with E-state index in [1.54, 1.807) is 27.5 Å². The van der Waals surface area contributed by atoms with Crippen molar-refractivity contribution in [3.05, 3.63) is 21.2 Å². The molecule has 4 N–H and O–H groups in total. The maximum atomic E-state index is 11.8.